The van der Waals surface area contributed by atoms with Gasteiger partial charge in [-0.2, -0.15) is 0 Å². The topological polar surface area (TPSA) is 12.9 Å². The zero-order valence-corrected chi connectivity index (χ0v) is 18.8. The molecule has 1 heterocycles. The lowest BCUT2D eigenvalue weighted by atomic mass is 9.77. The van der Waals surface area contributed by atoms with Crippen LogP contribution in [-0.4, -0.2) is 4.98 Å². The maximum absolute atomic E-state index is 4.69. The van der Waals surface area contributed by atoms with Crippen LogP contribution in [0.15, 0.2) is 42.6 Å². The number of pyridine rings is 1. The summed E-state index contributed by atoms with van der Waals surface area (Å²) in [6.45, 7) is 4.55. The SMILES string of the molecule is CCCCCC1CCCC(CCc2ccc(-c3ccc(CCCC)cn3)cc2)C1. The Morgan fingerprint density at radius 1 is 0.759 bits per heavy atom. The molecule has 1 heteroatoms. The predicted octanol–water partition coefficient (Wildman–Crippen LogP) is 8.41. The van der Waals surface area contributed by atoms with E-state index in [1.165, 1.54) is 93.7 Å². The minimum atomic E-state index is 0.951. The fourth-order valence-electron chi connectivity index (χ4n) is 4.95. The van der Waals surface area contributed by atoms with Crippen molar-refractivity contribution in [1.29, 1.82) is 0 Å². The third kappa shape index (κ3) is 7.28. The van der Waals surface area contributed by atoms with Crippen LogP contribution in [0, 0.1) is 11.8 Å². The standard InChI is InChI=1S/C28H41N/c1-3-5-7-10-24-11-8-12-25(21-24)14-13-23-15-18-27(19-16-23)28-20-17-26(22-29-28)9-6-4-2/h15-20,22,24-25H,3-14,21H2,1-2H3. The lowest BCUT2D eigenvalue weighted by Crippen LogP contribution is -2.16. The van der Waals surface area contributed by atoms with Crippen LogP contribution >= 0.6 is 0 Å². The zero-order chi connectivity index (χ0) is 20.3. The van der Waals surface area contributed by atoms with Crippen molar-refractivity contribution in [2.75, 3.05) is 0 Å². The van der Waals surface area contributed by atoms with E-state index in [1.54, 1.807) is 0 Å². The highest BCUT2D eigenvalue weighted by molar-refractivity contribution is 5.59. The molecule has 2 unspecified atom stereocenters. The van der Waals surface area contributed by atoms with Crippen molar-refractivity contribution in [3.05, 3.63) is 53.7 Å². The number of nitrogens with zero attached hydrogens (tertiary/aromatic N) is 1. The average Bonchev–Trinajstić information content (AvgIpc) is 2.77. The van der Waals surface area contributed by atoms with Crippen molar-refractivity contribution < 1.29 is 0 Å². The molecular weight excluding hydrogens is 350 g/mol. The summed E-state index contributed by atoms with van der Waals surface area (Å²) in [7, 11) is 0. The molecule has 0 bridgehead atoms. The van der Waals surface area contributed by atoms with Crippen molar-refractivity contribution in [1.82, 2.24) is 4.98 Å². The quantitative estimate of drug-likeness (QED) is 0.350. The van der Waals surface area contributed by atoms with Crippen molar-refractivity contribution in [3.63, 3.8) is 0 Å². The van der Waals surface area contributed by atoms with Gasteiger partial charge in [-0.25, -0.2) is 0 Å². The van der Waals surface area contributed by atoms with Gasteiger partial charge < -0.3 is 0 Å². The highest BCUT2D eigenvalue weighted by atomic mass is 14.7. The summed E-state index contributed by atoms with van der Waals surface area (Å²) in [6, 6.07) is 13.6. The number of aromatic nitrogens is 1. The summed E-state index contributed by atoms with van der Waals surface area (Å²) in [4.78, 5) is 4.69. The largest absolute Gasteiger partial charge is 0.256 e. The van der Waals surface area contributed by atoms with Crippen LogP contribution in [0.25, 0.3) is 11.3 Å². The Balaban J connectivity index is 1.46. The maximum Gasteiger partial charge on any atom is 0.0702 e. The van der Waals surface area contributed by atoms with Crippen LogP contribution in [0.4, 0.5) is 0 Å². The van der Waals surface area contributed by atoms with Crippen LogP contribution in [0.5, 0.6) is 0 Å². The van der Waals surface area contributed by atoms with E-state index in [-0.39, 0.29) is 0 Å². The third-order valence-corrected chi connectivity index (χ3v) is 6.84. The summed E-state index contributed by atoms with van der Waals surface area (Å²) in [6.07, 6.45) is 19.9. The molecule has 0 aliphatic heterocycles. The third-order valence-electron chi connectivity index (χ3n) is 6.84. The molecule has 1 aromatic heterocycles. The van der Waals surface area contributed by atoms with E-state index in [4.69, 9.17) is 0 Å². The summed E-state index contributed by atoms with van der Waals surface area (Å²) >= 11 is 0. The second-order valence-corrected chi connectivity index (χ2v) is 9.29. The van der Waals surface area contributed by atoms with Crippen LogP contribution in [0.3, 0.4) is 0 Å². The molecule has 2 atom stereocenters. The van der Waals surface area contributed by atoms with Gasteiger partial charge in [0.05, 0.1) is 5.69 Å². The Labute approximate surface area is 179 Å². The first-order valence-corrected chi connectivity index (χ1v) is 12.3. The molecule has 0 radical (unpaired) electrons. The molecule has 1 aromatic carbocycles. The van der Waals surface area contributed by atoms with E-state index < -0.39 is 0 Å². The number of aryl methyl sites for hydroxylation is 2. The Hall–Kier alpha value is -1.63. The molecule has 1 fully saturated rings. The lowest BCUT2D eigenvalue weighted by molar-refractivity contribution is 0.240. The Bertz CT molecular complexity index is 685. The number of unbranched alkanes of at least 4 members (excludes halogenated alkanes) is 3. The smallest absolute Gasteiger partial charge is 0.0702 e. The van der Waals surface area contributed by atoms with E-state index in [9.17, 15) is 0 Å². The van der Waals surface area contributed by atoms with Gasteiger partial charge >= 0.3 is 0 Å². The van der Waals surface area contributed by atoms with Crippen molar-refractivity contribution in [3.8, 4) is 11.3 Å². The highest BCUT2D eigenvalue weighted by Crippen LogP contribution is 2.34. The first-order valence-electron chi connectivity index (χ1n) is 12.3. The second kappa shape index (κ2) is 12.2. The summed E-state index contributed by atoms with van der Waals surface area (Å²) < 4.78 is 0. The molecule has 1 saturated carbocycles. The molecular formula is C28H41N. The van der Waals surface area contributed by atoms with Crippen molar-refractivity contribution >= 4 is 0 Å². The van der Waals surface area contributed by atoms with Gasteiger partial charge in [0.2, 0.25) is 0 Å². The van der Waals surface area contributed by atoms with Gasteiger partial charge in [0, 0.05) is 11.8 Å². The van der Waals surface area contributed by atoms with E-state index in [1.807, 2.05) is 0 Å². The Kier molecular flexibility index (Phi) is 9.25. The van der Waals surface area contributed by atoms with Crippen LogP contribution < -0.4 is 0 Å². The van der Waals surface area contributed by atoms with E-state index in [0.717, 1.165) is 24.0 Å². The van der Waals surface area contributed by atoms with Crippen LogP contribution in [0.1, 0.15) is 95.6 Å². The maximum atomic E-state index is 4.69. The first kappa shape index (κ1) is 22.1. The molecule has 3 rings (SSSR count). The Morgan fingerprint density at radius 3 is 2.17 bits per heavy atom. The van der Waals surface area contributed by atoms with E-state index in [0.29, 0.717) is 0 Å². The molecule has 158 valence electrons. The molecule has 0 spiro atoms. The highest BCUT2D eigenvalue weighted by Gasteiger charge is 2.21. The van der Waals surface area contributed by atoms with Crippen molar-refractivity contribution in [2.24, 2.45) is 11.8 Å². The minimum absolute atomic E-state index is 0.951. The summed E-state index contributed by atoms with van der Waals surface area (Å²) in [5.74, 6) is 1.96. The van der Waals surface area contributed by atoms with Gasteiger partial charge in [-0.15, -0.1) is 0 Å². The predicted molar refractivity (Wildman–Crippen MR) is 126 cm³/mol. The lowest BCUT2D eigenvalue weighted by Gasteiger charge is -2.29. The zero-order valence-electron chi connectivity index (χ0n) is 18.8. The van der Waals surface area contributed by atoms with Gasteiger partial charge in [-0.1, -0.05) is 95.5 Å². The molecule has 2 aromatic rings. The molecule has 1 aliphatic rings. The second-order valence-electron chi connectivity index (χ2n) is 9.29. The molecule has 0 N–H and O–H groups in total. The summed E-state index contributed by atoms with van der Waals surface area (Å²) in [5, 5.41) is 0. The molecule has 0 amide bonds. The summed E-state index contributed by atoms with van der Waals surface area (Å²) in [5.41, 5.74) is 5.18. The van der Waals surface area contributed by atoms with Gasteiger partial charge in [0.15, 0.2) is 0 Å². The van der Waals surface area contributed by atoms with Crippen molar-refractivity contribution in [2.45, 2.75) is 97.3 Å². The first-order chi connectivity index (χ1) is 14.3. The Morgan fingerprint density at radius 2 is 1.48 bits per heavy atom. The molecule has 1 aliphatic carbocycles. The molecule has 29 heavy (non-hydrogen) atoms. The van der Waals surface area contributed by atoms with Gasteiger partial charge in [0.1, 0.15) is 0 Å². The normalized spacial score (nSPS) is 19.4. The van der Waals surface area contributed by atoms with E-state index in [2.05, 4.69) is 61.4 Å². The average molecular weight is 392 g/mol. The molecule has 1 nitrogen and oxygen atoms in total. The van der Waals surface area contributed by atoms with Gasteiger partial charge in [-0.05, 0) is 61.1 Å². The fourth-order valence-corrected chi connectivity index (χ4v) is 4.95. The number of benzene rings is 1. The molecule has 0 saturated heterocycles. The fraction of sp³-hybridized carbons (Fsp3) is 0.607. The van der Waals surface area contributed by atoms with E-state index >= 15 is 0 Å². The van der Waals surface area contributed by atoms with Crippen LogP contribution in [0.2, 0.25) is 0 Å². The number of rotatable bonds is 11. The van der Waals surface area contributed by atoms with Crippen LogP contribution in [-0.2, 0) is 12.8 Å². The van der Waals surface area contributed by atoms with Gasteiger partial charge in [-0.3, -0.25) is 4.98 Å². The number of hydrogen-bond donors (Lipinski definition) is 0. The number of hydrogen-bond acceptors (Lipinski definition) is 1. The van der Waals surface area contributed by atoms with Gasteiger partial charge in [0.25, 0.3) is 0 Å². The minimum Gasteiger partial charge on any atom is -0.256 e. The monoisotopic (exact) mass is 391 g/mol.